The Hall–Kier alpha value is -2.96. The van der Waals surface area contributed by atoms with E-state index in [4.69, 9.17) is 4.74 Å². The van der Waals surface area contributed by atoms with E-state index in [0.29, 0.717) is 5.75 Å². The molecule has 2 aromatic carbocycles. The number of carbonyl (C=O) groups is 2. The lowest BCUT2D eigenvalue weighted by molar-refractivity contribution is -0.129. The molecule has 2 rings (SSSR count). The molecule has 0 spiro atoms. The Kier molecular flexibility index (Phi) is 6.66. The van der Waals surface area contributed by atoms with Gasteiger partial charge in [0.1, 0.15) is 11.8 Å². The highest BCUT2D eigenvalue weighted by molar-refractivity contribution is 5.89. The molecule has 5 nitrogen and oxygen atoms in total. The lowest BCUT2D eigenvalue weighted by Crippen LogP contribution is -2.41. The van der Waals surface area contributed by atoms with Crippen molar-refractivity contribution in [2.45, 2.75) is 19.4 Å². The average molecular weight is 362 g/mol. The predicted molar refractivity (Wildman–Crippen MR) is 92.6 cm³/mol. The molecule has 1 unspecified atom stereocenters. The predicted octanol–water partition coefficient (Wildman–Crippen LogP) is 2.51. The summed E-state index contributed by atoms with van der Waals surface area (Å²) in [7, 11) is 1.38. The molecule has 2 aromatic rings. The Morgan fingerprint density at radius 3 is 2.35 bits per heavy atom. The number of hydrogen-bond acceptors (Lipinski definition) is 3. The van der Waals surface area contributed by atoms with Crippen LogP contribution in [0, 0.1) is 11.6 Å². The molecule has 0 aliphatic heterocycles. The van der Waals surface area contributed by atoms with Gasteiger partial charge < -0.3 is 15.4 Å². The number of benzene rings is 2. The number of halogens is 2. The van der Waals surface area contributed by atoms with Gasteiger partial charge in [0.2, 0.25) is 5.91 Å². The van der Waals surface area contributed by atoms with Crippen molar-refractivity contribution in [1.82, 2.24) is 10.6 Å². The van der Waals surface area contributed by atoms with Gasteiger partial charge in [0.25, 0.3) is 5.91 Å². The van der Waals surface area contributed by atoms with Gasteiger partial charge in [-0.2, -0.15) is 0 Å². The maximum atomic E-state index is 13.4. The van der Waals surface area contributed by atoms with E-state index in [0.717, 1.165) is 24.1 Å². The Morgan fingerprint density at radius 2 is 1.77 bits per heavy atom. The van der Waals surface area contributed by atoms with E-state index in [1.807, 2.05) is 19.1 Å². The molecule has 0 aliphatic rings. The summed E-state index contributed by atoms with van der Waals surface area (Å²) < 4.78 is 31.9. The summed E-state index contributed by atoms with van der Waals surface area (Å²) in [5.41, 5.74) is 1.27. The van der Waals surface area contributed by atoms with Crippen LogP contribution < -0.4 is 15.4 Å². The van der Waals surface area contributed by atoms with E-state index < -0.39 is 29.5 Å². The Labute approximate surface area is 150 Å². The smallest absolute Gasteiger partial charge is 0.258 e. The second-order valence-corrected chi connectivity index (χ2v) is 5.57. The fourth-order valence-corrected chi connectivity index (χ4v) is 2.31. The van der Waals surface area contributed by atoms with Gasteiger partial charge in [0, 0.05) is 7.05 Å². The number of likely N-dealkylation sites (N-methyl/N-ethyl adjacent to an activating group) is 1. The normalized spacial score (nSPS) is 11.5. The maximum Gasteiger partial charge on any atom is 0.258 e. The molecular weight excluding hydrogens is 342 g/mol. The zero-order valence-corrected chi connectivity index (χ0v) is 14.5. The third-order valence-electron chi connectivity index (χ3n) is 3.79. The minimum absolute atomic E-state index is 0.129. The van der Waals surface area contributed by atoms with Crippen LogP contribution in [-0.4, -0.2) is 25.5 Å². The molecule has 0 aliphatic carbocycles. The van der Waals surface area contributed by atoms with E-state index in [-0.39, 0.29) is 12.2 Å². The molecule has 0 radical (unpaired) electrons. The second-order valence-electron chi connectivity index (χ2n) is 5.57. The highest BCUT2D eigenvalue weighted by Gasteiger charge is 2.23. The summed E-state index contributed by atoms with van der Waals surface area (Å²) in [6.07, 6.45) is 0.892. The largest absolute Gasteiger partial charge is 0.484 e. The number of ether oxygens (including phenoxy) is 1. The van der Waals surface area contributed by atoms with Gasteiger partial charge >= 0.3 is 0 Å². The summed E-state index contributed by atoms with van der Waals surface area (Å²) in [6, 6.07) is 9.13. The molecule has 0 aromatic heterocycles. The SMILES string of the molecule is CCc1ccc(OCC(=O)NC(C(=O)NC)c2ccc(F)c(F)c2)cc1. The minimum Gasteiger partial charge on any atom is -0.484 e. The van der Waals surface area contributed by atoms with E-state index in [9.17, 15) is 18.4 Å². The standard InChI is InChI=1S/C19H20F2N2O3/c1-3-12-4-7-14(8-5-12)26-11-17(24)23-18(19(25)22-2)13-6-9-15(20)16(21)10-13/h4-10,18H,3,11H2,1-2H3,(H,22,25)(H,23,24). The lowest BCUT2D eigenvalue weighted by Gasteiger charge is -2.18. The Morgan fingerprint density at radius 1 is 1.08 bits per heavy atom. The topological polar surface area (TPSA) is 67.4 Å². The Bertz CT molecular complexity index is 779. The van der Waals surface area contributed by atoms with E-state index in [1.165, 1.54) is 13.1 Å². The van der Waals surface area contributed by atoms with Crippen molar-refractivity contribution in [3.8, 4) is 5.75 Å². The summed E-state index contributed by atoms with van der Waals surface area (Å²) in [5, 5.41) is 4.84. The van der Waals surface area contributed by atoms with Crippen molar-refractivity contribution in [3.05, 3.63) is 65.2 Å². The zero-order chi connectivity index (χ0) is 19.1. The molecule has 0 saturated carbocycles. The third kappa shape index (κ3) is 5.02. The van der Waals surface area contributed by atoms with Crippen LogP contribution in [0.15, 0.2) is 42.5 Å². The number of amides is 2. The van der Waals surface area contributed by atoms with Crippen LogP contribution in [0.4, 0.5) is 8.78 Å². The molecule has 138 valence electrons. The van der Waals surface area contributed by atoms with Gasteiger partial charge in [-0.05, 0) is 41.8 Å². The van der Waals surface area contributed by atoms with Crippen LogP contribution in [0.3, 0.4) is 0 Å². The van der Waals surface area contributed by atoms with Gasteiger partial charge in [-0.1, -0.05) is 25.1 Å². The van der Waals surface area contributed by atoms with Crippen LogP contribution in [-0.2, 0) is 16.0 Å². The number of hydrogen-bond donors (Lipinski definition) is 2. The highest BCUT2D eigenvalue weighted by atomic mass is 19.2. The number of aryl methyl sites for hydroxylation is 1. The van der Waals surface area contributed by atoms with Gasteiger partial charge in [-0.3, -0.25) is 9.59 Å². The molecule has 0 saturated heterocycles. The first-order chi connectivity index (χ1) is 12.4. The molecule has 26 heavy (non-hydrogen) atoms. The molecule has 1 atom stereocenters. The number of carbonyl (C=O) groups excluding carboxylic acids is 2. The van der Waals surface area contributed by atoms with Crippen molar-refractivity contribution < 1.29 is 23.1 Å². The molecule has 2 amide bonds. The molecule has 2 N–H and O–H groups in total. The number of rotatable bonds is 7. The van der Waals surface area contributed by atoms with Crippen LogP contribution >= 0.6 is 0 Å². The molecular formula is C19H20F2N2O3. The minimum atomic E-state index is -1.16. The fourth-order valence-electron chi connectivity index (χ4n) is 2.31. The molecule has 7 heteroatoms. The van der Waals surface area contributed by atoms with Gasteiger partial charge in [-0.25, -0.2) is 8.78 Å². The summed E-state index contributed by atoms with van der Waals surface area (Å²) in [6.45, 7) is 1.71. The fraction of sp³-hybridized carbons (Fsp3) is 0.263. The van der Waals surface area contributed by atoms with Gasteiger partial charge in [0.15, 0.2) is 18.2 Å². The first-order valence-corrected chi connectivity index (χ1v) is 8.12. The van der Waals surface area contributed by atoms with E-state index in [2.05, 4.69) is 10.6 Å². The number of nitrogens with one attached hydrogen (secondary N) is 2. The van der Waals surface area contributed by atoms with E-state index in [1.54, 1.807) is 12.1 Å². The maximum absolute atomic E-state index is 13.4. The Balaban J connectivity index is 2.03. The molecule has 0 heterocycles. The van der Waals surface area contributed by atoms with Crippen LogP contribution in [0.2, 0.25) is 0 Å². The second kappa shape index (κ2) is 8.94. The third-order valence-corrected chi connectivity index (χ3v) is 3.79. The van der Waals surface area contributed by atoms with Crippen molar-refractivity contribution >= 4 is 11.8 Å². The first-order valence-electron chi connectivity index (χ1n) is 8.12. The van der Waals surface area contributed by atoms with Crippen LogP contribution in [0.25, 0.3) is 0 Å². The molecule has 0 bridgehead atoms. The quantitative estimate of drug-likeness (QED) is 0.795. The van der Waals surface area contributed by atoms with Crippen molar-refractivity contribution in [2.75, 3.05) is 13.7 Å². The van der Waals surface area contributed by atoms with Crippen LogP contribution in [0.5, 0.6) is 5.75 Å². The summed E-state index contributed by atoms with van der Waals surface area (Å²) in [4.78, 5) is 24.1. The van der Waals surface area contributed by atoms with Crippen molar-refractivity contribution in [1.29, 1.82) is 0 Å². The lowest BCUT2D eigenvalue weighted by atomic mass is 10.1. The monoisotopic (exact) mass is 362 g/mol. The first kappa shape index (κ1) is 19.4. The average Bonchev–Trinajstić information content (AvgIpc) is 2.66. The van der Waals surface area contributed by atoms with Gasteiger partial charge in [-0.15, -0.1) is 0 Å². The van der Waals surface area contributed by atoms with E-state index >= 15 is 0 Å². The van der Waals surface area contributed by atoms with Crippen molar-refractivity contribution in [3.63, 3.8) is 0 Å². The van der Waals surface area contributed by atoms with Gasteiger partial charge in [0.05, 0.1) is 0 Å². The zero-order valence-electron chi connectivity index (χ0n) is 14.5. The van der Waals surface area contributed by atoms with Crippen molar-refractivity contribution in [2.24, 2.45) is 0 Å². The van der Waals surface area contributed by atoms with Crippen LogP contribution in [0.1, 0.15) is 24.1 Å². The molecule has 0 fully saturated rings. The summed E-state index contributed by atoms with van der Waals surface area (Å²) >= 11 is 0. The summed E-state index contributed by atoms with van der Waals surface area (Å²) in [5.74, 6) is -2.74. The highest BCUT2D eigenvalue weighted by Crippen LogP contribution is 2.17.